The summed E-state index contributed by atoms with van der Waals surface area (Å²) in [5, 5.41) is 3.37. The monoisotopic (exact) mass is 389 g/mol. The Morgan fingerprint density at radius 2 is 2.10 bits per heavy atom. The molecule has 0 aromatic heterocycles. The van der Waals surface area contributed by atoms with Crippen molar-refractivity contribution >= 4 is 29.9 Å². The standard InChI is InChI=1S/C15H23N3O.HI/c1-3-16-15(18-9-4-5-10-18)17-12-13-7-6-8-14(11-13)19-2;/h6-8,11H,3-5,9-10,12H2,1-2H3,(H,16,17);1H. The van der Waals surface area contributed by atoms with E-state index in [0.717, 1.165) is 31.3 Å². The van der Waals surface area contributed by atoms with Gasteiger partial charge in [0.15, 0.2) is 5.96 Å². The smallest absolute Gasteiger partial charge is 0.194 e. The first-order chi connectivity index (χ1) is 9.33. The molecule has 0 atom stereocenters. The van der Waals surface area contributed by atoms with Crippen LogP contribution in [0.25, 0.3) is 0 Å². The minimum atomic E-state index is 0. The zero-order valence-electron chi connectivity index (χ0n) is 12.3. The molecule has 0 unspecified atom stereocenters. The molecule has 4 nitrogen and oxygen atoms in total. The van der Waals surface area contributed by atoms with Crippen molar-refractivity contribution < 1.29 is 4.74 Å². The minimum absolute atomic E-state index is 0. The van der Waals surface area contributed by atoms with Crippen LogP contribution < -0.4 is 10.1 Å². The Kier molecular flexibility index (Phi) is 7.72. The van der Waals surface area contributed by atoms with Crippen LogP contribution in [0.1, 0.15) is 25.3 Å². The third-order valence-corrected chi connectivity index (χ3v) is 3.29. The van der Waals surface area contributed by atoms with Gasteiger partial charge in [0.05, 0.1) is 13.7 Å². The molecule has 20 heavy (non-hydrogen) atoms. The largest absolute Gasteiger partial charge is 0.497 e. The van der Waals surface area contributed by atoms with Crippen molar-refractivity contribution in [3.63, 3.8) is 0 Å². The second kappa shape index (κ2) is 9.05. The number of halogens is 1. The van der Waals surface area contributed by atoms with Crippen LogP contribution in [-0.2, 0) is 6.54 Å². The quantitative estimate of drug-likeness (QED) is 0.489. The molecule has 0 aliphatic carbocycles. The van der Waals surface area contributed by atoms with Crippen LogP contribution in [0.4, 0.5) is 0 Å². The average molecular weight is 389 g/mol. The van der Waals surface area contributed by atoms with Crippen molar-refractivity contribution in [2.45, 2.75) is 26.3 Å². The first kappa shape index (κ1) is 17.1. The fourth-order valence-electron chi connectivity index (χ4n) is 2.29. The molecule has 1 heterocycles. The number of nitrogens with zero attached hydrogens (tertiary/aromatic N) is 2. The first-order valence-corrected chi connectivity index (χ1v) is 6.99. The maximum atomic E-state index is 5.23. The van der Waals surface area contributed by atoms with Crippen molar-refractivity contribution in [2.24, 2.45) is 4.99 Å². The molecule has 0 spiro atoms. The van der Waals surface area contributed by atoms with E-state index in [2.05, 4.69) is 23.2 Å². The average Bonchev–Trinajstić information content (AvgIpc) is 2.97. The maximum Gasteiger partial charge on any atom is 0.194 e. The predicted octanol–water partition coefficient (Wildman–Crippen LogP) is 2.87. The van der Waals surface area contributed by atoms with E-state index >= 15 is 0 Å². The Bertz CT molecular complexity index is 431. The Balaban J connectivity index is 0.00000200. The van der Waals surface area contributed by atoms with Crippen molar-refractivity contribution in [1.82, 2.24) is 10.2 Å². The predicted molar refractivity (Wildman–Crippen MR) is 94.0 cm³/mol. The van der Waals surface area contributed by atoms with E-state index in [-0.39, 0.29) is 24.0 Å². The van der Waals surface area contributed by atoms with Gasteiger partial charge in [0.2, 0.25) is 0 Å². The van der Waals surface area contributed by atoms with Crippen LogP contribution in [0.15, 0.2) is 29.3 Å². The van der Waals surface area contributed by atoms with E-state index in [4.69, 9.17) is 9.73 Å². The highest BCUT2D eigenvalue weighted by Gasteiger charge is 2.15. The summed E-state index contributed by atoms with van der Waals surface area (Å²) in [5.74, 6) is 1.92. The van der Waals surface area contributed by atoms with Gasteiger partial charge < -0.3 is 15.0 Å². The molecule has 0 saturated carbocycles. The lowest BCUT2D eigenvalue weighted by atomic mass is 10.2. The highest BCUT2D eigenvalue weighted by molar-refractivity contribution is 14.0. The number of nitrogens with one attached hydrogen (secondary N) is 1. The van der Waals surface area contributed by atoms with E-state index in [1.807, 2.05) is 18.2 Å². The van der Waals surface area contributed by atoms with E-state index in [0.29, 0.717) is 6.54 Å². The van der Waals surface area contributed by atoms with Gasteiger partial charge in [0.1, 0.15) is 5.75 Å². The van der Waals surface area contributed by atoms with E-state index in [1.165, 1.54) is 18.4 Å². The van der Waals surface area contributed by atoms with Crippen LogP contribution in [0.3, 0.4) is 0 Å². The van der Waals surface area contributed by atoms with Gasteiger partial charge in [-0.05, 0) is 37.5 Å². The highest BCUT2D eigenvalue weighted by atomic mass is 127. The molecule has 2 rings (SSSR count). The molecule has 0 bridgehead atoms. The fraction of sp³-hybridized carbons (Fsp3) is 0.533. The van der Waals surface area contributed by atoms with E-state index in [9.17, 15) is 0 Å². The van der Waals surface area contributed by atoms with E-state index < -0.39 is 0 Å². The molecule has 5 heteroatoms. The number of ether oxygens (including phenoxy) is 1. The van der Waals surface area contributed by atoms with Crippen molar-refractivity contribution in [3.05, 3.63) is 29.8 Å². The van der Waals surface area contributed by atoms with Crippen LogP contribution in [0.2, 0.25) is 0 Å². The molecule has 1 aromatic carbocycles. The molecular weight excluding hydrogens is 365 g/mol. The summed E-state index contributed by atoms with van der Waals surface area (Å²) in [6.45, 7) is 5.94. The molecule has 1 saturated heterocycles. The molecule has 1 fully saturated rings. The Hall–Kier alpha value is -0.980. The summed E-state index contributed by atoms with van der Waals surface area (Å²) in [5.41, 5.74) is 1.17. The topological polar surface area (TPSA) is 36.9 Å². The van der Waals surface area contributed by atoms with Crippen molar-refractivity contribution in [1.29, 1.82) is 0 Å². The molecule has 1 N–H and O–H groups in total. The van der Waals surface area contributed by atoms with Gasteiger partial charge in [-0.25, -0.2) is 4.99 Å². The van der Waals surface area contributed by atoms with E-state index in [1.54, 1.807) is 7.11 Å². The van der Waals surface area contributed by atoms with Crippen LogP contribution >= 0.6 is 24.0 Å². The number of benzene rings is 1. The van der Waals surface area contributed by atoms with Gasteiger partial charge in [-0.1, -0.05) is 12.1 Å². The number of guanidine groups is 1. The number of methoxy groups -OCH3 is 1. The number of rotatable bonds is 4. The number of likely N-dealkylation sites (tertiary alicyclic amines) is 1. The second-order valence-corrected chi connectivity index (χ2v) is 4.72. The Morgan fingerprint density at radius 3 is 2.75 bits per heavy atom. The molecule has 0 radical (unpaired) electrons. The van der Waals surface area contributed by atoms with Gasteiger partial charge in [0, 0.05) is 19.6 Å². The van der Waals surface area contributed by atoms with Crippen LogP contribution in [0.5, 0.6) is 5.75 Å². The lowest BCUT2D eigenvalue weighted by Gasteiger charge is -2.20. The summed E-state index contributed by atoms with van der Waals surface area (Å²) in [4.78, 5) is 7.05. The second-order valence-electron chi connectivity index (χ2n) is 4.72. The lowest BCUT2D eigenvalue weighted by molar-refractivity contribution is 0.414. The molecule has 1 aliphatic rings. The SMILES string of the molecule is CCNC(=NCc1cccc(OC)c1)N1CCCC1.I. The van der Waals surface area contributed by atoms with Crippen molar-refractivity contribution in [2.75, 3.05) is 26.7 Å². The molecular formula is C15H24IN3O. The zero-order chi connectivity index (χ0) is 13.5. The van der Waals surface area contributed by atoms with Crippen LogP contribution in [0, 0.1) is 0 Å². The number of hydrogen-bond acceptors (Lipinski definition) is 2. The lowest BCUT2D eigenvalue weighted by Crippen LogP contribution is -2.39. The summed E-state index contributed by atoms with van der Waals surface area (Å²) >= 11 is 0. The third-order valence-electron chi connectivity index (χ3n) is 3.29. The first-order valence-electron chi connectivity index (χ1n) is 6.99. The van der Waals surface area contributed by atoms with Gasteiger partial charge in [-0.15, -0.1) is 24.0 Å². The summed E-state index contributed by atoms with van der Waals surface area (Å²) in [6, 6.07) is 8.09. The third kappa shape index (κ3) is 4.85. The highest BCUT2D eigenvalue weighted by Crippen LogP contribution is 2.14. The summed E-state index contributed by atoms with van der Waals surface area (Å²) < 4.78 is 5.23. The molecule has 1 aromatic rings. The molecule has 112 valence electrons. The van der Waals surface area contributed by atoms with Gasteiger partial charge in [-0.2, -0.15) is 0 Å². The van der Waals surface area contributed by atoms with Gasteiger partial charge in [-0.3, -0.25) is 0 Å². The van der Waals surface area contributed by atoms with Gasteiger partial charge >= 0.3 is 0 Å². The summed E-state index contributed by atoms with van der Waals surface area (Å²) in [6.07, 6.45) is 2.53. The normalized spacial score (nSPS) is 14.9. The van der Waals surface area contributed by atoms with Gasteiger partial charge in [0.25, 0.3) is 0 Å². The maximum absolute atomic E-state index is 5.23. The molecule has 0 amide bonds. The van der Waals surface area contributed by atoms with Crippen molar-refractivity contribution in [3.8, 4) is 5.75 Å². The number of aliphatic imine (C=N–C) groups is 1. The fourth-order valence-corrected chi connectivity index (χ4v) is 2.29. The zero-order valence-corrected chi connectivity index (χ0v) is 14.6. The summed E-state index contributed by atoms with van der Waals surface area (Å²) in [7, 11) is 1.69. The minimum Gasteiger partial charge on any atom is -0.497 e. The Morgan fingerprint density at radius 1 is 1.35 bits per heavy atom. The molecule has 1 aliphatic heterocycles. The number of hydrogen-bond donors (Lipinski definition) is 1. The Labute approximate surface area is 138 Å². The van der Waals surface area contributed by atoms with Crippen LogP contribution in [-0.4, -0.2) is 37.6 Å².